The van der Waals surface area contributed by atoms with Crippen molar-refractivity contribution in [3.8, 4) is 5.75 Å². The molecule has 0 aromatic heterocycles. The molecule has 0 saturated heterocycles. The lowest BCUT2D eigenvalue weighted by Crippen LogP contribution is -2.02. The Kier molecular flexibility index (Phi) is 3.95. The summed E-state index contributed by atoms with van der Waals surface area (Å²) < 4.78 is 5.27. The molecule has 2 rings (SSSR count). The van der Waals surface area contributed by atoms with Crippen LogP contribution in [0.2, 0.25) is 5.02 Å². The smallest absolute Gasteiger partial charge is 0.144 e. The van der Waals surface area contributed by atoms with Gasteiger partial charge < -0.3 is 15.8 Å². The summed E-state index contributed by atoms with van der Waals surface area (Å²) in [5.74, 6) is 0.724. The van der Waals surface area contributed by atoms with E-state index in [1.807, 2.05) is 36.4 Å². The van der Waals surface area contributed by atoms with Crippen molar-refractivity contribution in [2.45, 2.75) is 6.54 Å². The Morgan fingerprint density at radius 1 is 1.22 bits per heavy atom. The van der Waals surface area contributed by atoms with E-state index in [-0.39, 0.29) is 0 Å². The summed E-state index contributed by atoms with van der Waals surface area (Å²) in [7, 11) is 1.62. The molecular formula is C14H15ClN2O. The van der Waals surface area contributed by atoms with Gasteiger partial charge >= 0.3 is 0 Å². The average molecular weight is 263 g/mol. The molecule has 0 aliphatic rings. The molecule has 0 amide bonds. The molecule has 0 aliphatic heterocycles. The molecule has 0 unspecified atom stereocenters. The summed E-state index contributed by atoms with van der Waals surface area (Å²) in [6.45, 7) is 0.639. The highest BCUT2D eigenvalue weighted by Crippen LogP contribution is 2.27. The predicted molar refractivity (Wildman–Crippen MR) is 76.2 cm³/mol. The molecule has 2 aromatic carbocycles. The Morgan fingerprint density at radius 3 is 2.72 bits per heavy atom. The minimum Gasteiger partial charge on any atom is -0.495 e. The average Bonchev–Trinajstić information content (AvgIpc) is 2.39. The molecule has 18 heavy (non-hydrogen) atoms. The third-order valence-electron chi connectivity index (χ3n) is 2.65. The van der Waals surface area contributed by atoms with Crippen molar-refractivity contribution >= 4 is 23.0 Å². The molecule has 94 valence electrons. The van der Waals surface area contributed by atoms with Gasteiger partial charge in [-0.1, -0.05) is 29.8 Å². The lowest BCUT2D eigenvalue weighted by molar-refractivity contribution is 0.416. The minimum absolute atomic E-state index is 0.639. The van der Waals surface area contributed by atoms with E-state index >= 15 is 0 Å². The van der Waals surface area contributed by atoms with Gasteiger partial charge in [0.1, 0.15) is 5.75 Å². The molecular weight excluding hydrogens is 248 g/mol. The number of rotatable bonds is 4. The zero-order valence-electron chi connectivity index (χ0n) is 10.1. The first-order valence-corrected chi connectivity index (χ1v) is 5.99. The molecule has 0 spiro atoms. The second-order valence-electron chi connectivity index (χ2n) is 3.90. The van der Waals surface area contributed by atoms with Crippen LogP contribution in [0.1, 0.15) is 5.56 Å². The zero-order chi connectivity index (χ0) is 13.0. The van der Waals surface area contributed by atoms with E-state index < -0.39 is 0 Å². The Labute approximate surface area is 112 Å². The van der Waals surface area contributed by atoms with E-state index in [9.17, 15) is 0 Å². The summed E-state index contributed by atoms with van der Waals surface area (Å²) in [6, 6.07) is 13.2. The number of benzene rings is 2. The second kappa shape index (κ2) is 5.65. The van der Waals surface area contributed by atoms with Crippen molar-refractivity contribution in [3.05, 3.63) is 53.1 Å². The fourth-order valence-electron chi connectivity index (χ4n) is 1.69. The van der Waals surface area contributed by atoms with Gasteiger partial charge in [0.25, 0.3) is 0 Å². The number of hydrogen-bond donors (Lipinski definition) is 2. The van der Waals surface area contributed by atoms with Crippen LogP contribution in [-0.4, -0.2) is 7.11 Å². The van der Waals surface area contributed by atoms with Crippen LogP contribution in [0.3, 0.4) is 0 Å². The van der Waals surface area contributed by atoms with E-state index in [1.54, 1.807) is 13.2 Å². The van der Waals surface area contributed by atoms with Crippen LogP contribution in [0.25, 0.3) is 0 Å². The highest BCUT2D eigenvalue weighted by molar-refractivity contribution is 6.31. The van der Waals surface area contributed by atoms with Gasteiger partial charge in [0, 0.05) is 23.3 Å². The molecule has 3 nitrogen and oxygen atoms in total. The zero-order valence-corrected chi connectivity index (χ0v) is 10.9. The number of ether oxygens (including phenoxy) is 1. The van der Waals surface area contributed by atoms with Crippen molar-refractivity contribution in [3.63, 3.8) is 0 Å². The van der Waals surface area contributed by atoms with E-state index in [2.05, 4.69) is 5.32 Å². The summed E-state index contributed by atoms with van der Waals surface area (Å²) >= 11 is 6.10. The van der Waals surface area contributed by atoms with Gasteiger partial charge in [-0.25, -0.2) is 0 Å². The van der Waals surface area contributed by atoms with Crippen LogP contribution in [0.15, 0.2) is 42.5 Å². The first kappa shape index (κ1) is 12.6. The molecule has 0 heterocycles. The minimum atomic E-state index is 0.639. The summed E-state index contributed by atoms with van der Waals surface area (Å²) in [4.78, 5) is 0. The fraction of sp³-hybridized carbons (Fsp3) is 0.143. The van der Waals surface area contributed by atoms with Crippen LogP contribution in [0.4, 0.5) is 11.4 Å². The molecule has 3 N–H and O–H groups in total. The van der Waals surface area contributed by atoms with Gasteiger partial charge in [-0.3, -0.25) is 0 Å². The summed E-state index contributed by atoms with van der Waals surface area (Å²) in [6.07, 6.45) is 0. The maximum absolute atomic E-state index is 6.10. The number of nitrogens with one attached hydrogen (secondary N) is 1. The standard InChI is InChI=1S/C14H15ClN2O/c1-18-14-8-11(16)6-7-13(14)17-9-10-4-2-3-5-12(10)15/h2-8,17H,9,16H2,1H3. The summed E-state index contributed by atoms with van der Waals surface area (Å²) in [5.41, 5.74) is 8.32. The first-order chi connectivity index (χ1) is 8.70. The van der Waals surface area contributed by atoms with Crippen LogP contribution in [0.5, 0.6) is 5.75 Å². The van der Waals surface area contributed by atoms with E-state index in [0.29, 0.717) is 12.2 Å². The van der Waals surface area contributed by atoms with E-state index in [1.165, 1.54) is 0 Å². The molecule has 0 radical (unpaired) electrons. The van der Waals surface area contributed by atoms with Crippen LogP contribution < -0.4 is 15.8 Å². The molecule has 4 heteroatoms. The number of halogens is 1. The van der Waals surface area contributed by atoms with Gasteiger partial charge in [-0.15, -0.1) is 0 Å². The second-order valence-corrected chi connectivity index (χ2v) is 4.31. The highest BCUT2D eigenvalue weighted by Gasteiger charge is 2.04. The first-order valence-electron chi connectivity index (χ1n) is 5.61. The highest BCUT2D eigenvalue weighted by atomic mass is 35.5. The SMILES string of the molecule is COc1cc(N)ccc1NCc1ccccc1Cl. The maximum atomic E-state index is 6.10. The third-order valence-corrected chi connectivity index (χ3v) is 3.02. The fourth-order valence-corrected chi connectivity index (χ4v) is 1.89. The summed E-state index contributed by atoms with van der Waals surface area (Å²) in [5, 5.41) is 4.03. The van der Waals surface area contributed by atoms with Gasteiger partial charge in [0.15, 0.2) is 0 Å². The molecule has 2 aromatic rings. The van der Waals surface area contributed by atoms with Crippen molar-refractivity contribution < 1.29 is 4.74 Å². The number of anilines is 2. The maximum Gasteiger partial charge on any atom is 0.144 e. The Balaban J connectivity index is 2.13. The molecule has 0 atom stereocenters. The quantitative estimate of drug-likeness (QED) is 0.829. The van der Waals surface area contributed by atoms with Crippen LogP contribution in [0, 0.1) is 0 Å². The van der Waals surface area contributed by atoms with Gasteiger partial charge in [-0.05, 0) is 23.8 Å². The predicted octanol–water partition coefficient (Wildman–Crippen LogP) is 3.54. The lowest BCUT2D eigenvalue weighted by atomic mass is 10.2. The molecule has 0 bridgehead atoms. The Morgan fingerprint density at radius 2 is 2.00 bits per heavy atom. The van der Waals surface area contributed by atoms with E-state index in [4.69, 9.17) is 22.1 Å². The van der Waals surface area contributed by atoms with Gasteiger partial charge in [-0.2, -0.15) is 0 Å². The number of hydrogen-bond acceptors (Lipinski definition) is 3. The number of nitrogens with two attached hydrogens (primary N) is 1. The molecule has 0 saturated carbocycles. The monoisotopic (exact) mass is 262 g/mol. The van der Waals surface area contributed by atoms with Crippen LogP contribution >= 0.6 is 11.6 Å². The van der Waals surface area contributed by atoms with Crippen molar-refractivity contribution in [1.29, 1.82) is 0 Å². The number of methoxy groups -OCH3 is 1. The van der Waals surface area contributed by atoms with Crippen molar-refractivity contribution in [1.82, 2.24) is 0 Å². The third kappa shape index (κ3) is 2.87. The number of nitrogen functional groups attached to an aromatic ring is 1. The lowest BCUT2D eigenvalue weighted by Gasteiger charge is -2.12. The Hall–Kier alpha value is -1.87. The van der Waals surface area contributed by atoms with Gasteiger partial charge in [0.05, 0.1) is 12.8 Å². The molecule has 0 aliphatic carbocycles. The van der Waals surface area contributed by atoms with E-state index in [0.717, 1.165) is 22.0 Å². The van der Waals surface area contributed by atoms with Crippen molar-refractivity contribution in [2.75, 3.05) is 18.2 Å². The normalized spacial score (nSPS) is 10.1. The van der Waals surface area contributed by atoms with Crippen LogP contribution in [-0.2, 0) is 6.54 Å². The van der Waals surface area contributed by atoms with Crippen molar-refractivity contribution in [2.24, 2.45) is 0 Å². The van der Waals surface area contributed by atoms with Gasteiger partial charge in [0.2, 0.25) is 0 Å². The molecule has 0 fully saturated rings. The largest absolute Gasteiger partial charge is 0.495 e. The Bertz CT molecular complexity index is 543. The topological polar surface area (TPSA) is 47.3 Å².